The number of nitrogens with one attached hydrogen (secondary N) is 1. The second kappa shape index (κ2) is 6.25. The standard InChI is InChI=1S/C11H12F3NO3/c12-11(13,14)8-3-1-2-4-9(8)15-5-6-18-7-10(16)17/h1-4,15H,5-7H2,(H,16,17). The number of alkyl halides is 3. The van der Waals surface area contributed by atoms with Crippen molar-refractivity contribution >= 4 is 11.7 Å². The Morgan fingerprint density at radius 3 is 2.61 bits per heavy atom. The Labute approximate surface area is 101 Å². The van der Waals surface area contributed by atoms with Crippen LogP contribution in [0.25, 0.3) is 0 Å². The second-order valence-corrected chi connectivity index (χ2v) is 3.42. The molecule has 0 saturated heterocycles. The Kier molecular flexibility index (Phi) is 4.96. The van der Waals surface area contributed by atoms with E-state index in [1.165, 1.54) is 18.2 Å². The number of hydrogen-bond donors (Lipinski definition) is 2. The summed E-state index contributed by atoms with van der Waals surface area (Å²) < 4.78 is 42.4. The number of aliphatic carboxylic acids is 1. The van der Waals surface area contributed by atoms with Crippen molar-refractivity contribution in [2.45, 2.75) is 6.18 Å². The van der Waals surface area contributed by atoms with Gasteiger partial charge in [-0.3, -0.25) is 0 Å². The number of anilines is 1. The number of carboxylic acids is 1. The molecule has 0 aliphatic heterocycles. The molecule has 4 nitrogen and oxygen atoms in total. The Balaban J connectivity index is 2.50. The highest BCUT2D eigenvalue weighted by molar-refractivity contribution is 5.68. The molecule has 0 radical (unpaired) electrons. The number of halogens is 3. The van der Waals surface area contributed by atoms with E-state index >= 15 is 0 Å². The summed E-state index contributed by atoms with van der Waals surface area (Å²) in [4.78, 5) is 10.1. The fourth-order valence-electron chi connectivity index (χ4n) is 1.30. The molecule has 0 aromatic heterocycles. The number of para-hydroxylation sites is 1. The molecule has 2 N–H and O–H groups in total. The quantitative estimate of drug-likeness (QED) is 0.773. The third-order valence-electron chi connectivity index (χ3n) is 2.02. The van der Waals surface area contributed by atoms with E-state index < -0.39 is 24.3 Å². The van der Waals surface area contributed by atoms with Crippen molar-refractivity contribution in [3.05, 3.63) is 29.8 Å². The maximum Gasteiger partial charge on any atom is 0.418 e. The number of hydrogen-bond acceptors (Lipinski definition) is 3. The van der Waals surface area contributed by atoms with Crippen molar-refractivity contribution in [3.8, 4) is 0 Å². The van der Waals surface area contributed by atoms with Crippen LogP contribution >= 0.6 is 0 Å². The molecular formula is C11H12F3NO3. The van der Waals surface area contributed by atoms with Gasteiger partial charge in [0, 0.05) is 12.2 Å². The second-order valence-electron chi connectivity index (χ2n) is 3.42. The molecule has 1 aromatic rings. The number of benzene rings is 1. The SMILES string of the molecule is O=C(O)COCCNc1ccccc1C(F)(F)F. The van der Waals surface area contributed by atoms with E-state index in [-0.39, 0.29) is 18.8 Å². The first-order chi connectivity index (χ1) is 8.41. The van der Waals surface area contributed by atoms with Crippen molar-refractivity contribution in [3.63, 3.8) is 0 Å². The van der Waals surface area contributed by atoms with Gasteiger partial charge in [0.05, 0.1) is 12.2 Å². The van der Waals surface area contributed by atoms with Crippen LogP contribution in [0, 0.1) is 0 Å². The maximum atomic E-state index is 12.6. The normalized spacial score (nSPS) is 11.3. The Morgan fingerprint density at radius 1 is 1.33 bits per heavy atom. The molecule has 0 spiro atoms. The molecule has 0 bridgehead atoms. The van der Waals surface area contributed by atoms with Gasteiger partial charge in [-0.25, -0.2) is 4.79 Å². The average Bonchev–Trinajstić information content (AvgIpc) is 2.27. The highest BCUT2D eigenvalue weighted by Gasteiger charge is 2.32. The number of ether oxygens (including phenoxy) is 1. The lowest BCUT2D eigenvalue weighted by Gasteiger charge is -2.14. The van der Waals surface area contributed by atoms with Gasteiger partial charge in [0.2, 0.25) is 0 Å². The van der Waals surface area contributed by atoms with E-state index in [0.29, 0.717) is 0 Å². The van der Waals surface area contributed by atoms with Crippen molar-refractivity contribution < 1.29 is 27.8 Å². The van der Waals surface area contributed by atoms with Crippen LogP contribution < -0.4 is 5.32 Å². The first kappa shape index (κ1) is 14.3. The van der Waals surface area contributed by atoms with Crippen molar-refractivity contribution in [1.82, 2.24) is 0 Å². The number of carbonyl (C=O) groups is 1. The smallest absolute Gasteiger partial charge is 0.418 e. The van der Waals surface area contributed by atoms with Crippen LogP contribution in [0.1, 0.15) is 5.56 Å². The summed E-state index contributed by atoms with van der Waals surface area (Å²) in [5, 5.41) is 10.8. The minimum absolute atomic E-state index is 0.0124. The van der Waals surface area contributed by atoms with Crippen molar-refractivity contribution in [2.24, 2.45) is 0 Å². The Morgan fingerprint density at radius 2 is 2.00 bits per heavy atom. The number of carboxylic acid groups (broad SMARTS) is 1. The van der Waals surface area contributed by atoms with Crippen LogP contribution in [0.2, 0.25) is 0 Å². The van der Waals surface area contributed by atoms with Gasteiger partial charge >= 0.3 is 12.1 Å². The summed E-state index contributed by atoms with van der Waals surface area (Å²) in [6.45, 7) is -0.360. The lowest BCUT2D eigenvalue weighted by atomic mass is 10.1. The molecule has 1 aromatic carbocycles. The third-order valence-corrected chi connectivity index (χ3v) is 2.02. The summed E-state index contributed by atoms with van der Waals surface area (Å²) in [7, 11) is 0. The molecule has 0 aliphatic carbocycles. The summed E-state index contributed by atoms with van der Waals surface area (Å²) in [6, 6.07) is 5.06. The van der Waals surface area contributed by atoms with E-state index in [0.717, 1.165) is 6.07 Å². The zero-order valence-electron chi connectivity index (χ0n) is 9.33. The zero-order chi connectivity index (χ0) is 13.6. The highest BCUT2D eigenvalue weighted by atomic mass is 19.4. The highest BCUT2D eigenvalue weighted by Crippen LogP contribution is 2.34. The molecular weight excluding hydrogens is 251 g/mol. The Hall–Kier alpha value is -1.76. The van der Waals surface area contributed by atoms with Gasteiger partial charge in [-0.1, -0.05) is 12.1 Å². The molecule has 0 amide bonds. The van der Waals surface area contributed by atoms with Crippen molar-refractivity contribution in [1.29, 1.82) is 0 Å². The zero-order valence-corrected chi connectivity index (χ0v) is 9.33. The molecule has 18 heavy (non-hydrogen) atoms. The first-order valence-electron chi connectivity index (χ1n) is 5.11. The third kappa shape index (κ3) is 4.62. The van der Waals surface area contributed by atoms with Gasteiger partial charge in [0.25, 0.3) is 0 Å². The molecule has 1 rings (SSSR count). The molecule has 0 heterocycles. The molecule has 0 fully saturated rings. The van der Waals surface area contributed by atoms with Crippen LogP contribution in [0.5, 0.6) is 0 Å². The maximum absolute atomic E-state index is 12.6. The van der Waals surface area contributed by atoms with Crippen LogP contribution in [0.4, 0.5) is 18.9 Å². The minimum Gasteiger partial charge on any atom is -0.480 e. The molecule has 0 aliphatic rings. The average molecular weight is 263 g/mol. The molecule has 0 unspecified atom stereocenters. The van der Waals surface area contributed by atoms with E-state index in [9.17, 15) is 18.0 Å². The number of rotatable bonds is 6. The van der Waals surface area contributed by atoms with Gasteiger partial charge in [-0.05, 0) is 12.1 Å². The van der Waals surface area contributed by atoms with Gasteiger partial charge in [0.1, 0.15) is 6.61 Å². The largest absolute Gasteiger partial charge is 0.480 e. The van der Waals surface area contributed by atoms with E-state index in [2.05, 4.69) is 5.32 Å². The summed E-state index contributed by atoms with van der Waals surface area (Å²) in [5.74, 6) is -1.12. The van der Waals surface area contributed by atoms with E-state index in [1.54, 1.807) is 0 Å². The van der Waals surface area contributed by atoms with Gasteiger partial charge in [0.15, 0.2) is 0 Å². The van der Waals surface area contributed by atoms with Crippen LogP contribution in [0.15, 0.2) is 24.3 Å². The fourth-order valence-corrected chi connectivity index (χ4v) is 1.30. The van der Waals surface area contributed by atoms with Crippen molar-refractivity contribution in [2.75, 3.05) is 25.1 Å². The minimum atomic E-state index is -4.43. The summed E-state index contributed by atoms with van der Waals surface area (Å²) in [5.41, 5.74) is -0.813. The van der Waals surface area contributed by atoms with Gasteiger partial charge in [-0.2, -0.15) is 13.2 Å². The van der Waals surface area contributed by atoms with Crippen LogP contribution in [-0.4, -0.2) is 30.8 Å². The Bertz CT molecular complexity index is 407. The lowest BCUT2D eigenvalue weighted by molar-refractivity contribution is -0.142. The van der Waals surface area contributed by atoms with Gasteiger partial charge in [-0.15, -0.1) is 0 Å². The molecule has 0 atom stereocenters. The fraction of sp³-hybridized carbons (Fsp3) is 0.364. The monoisotopic (exact) mass is 263 g/mol. The predicted octanol–water partition coefficient (Wildman–Crippen LogP) is 2.22. The van der Waals surface area contributed by atoms with E-state index in [4.69, 9.17) is 9.84 Å². The summed E-state index contributed by atoms with van der Waals surface area (Å²) in [6.07, 6.45) is -4.43. The summed E-state index contributed by atoms with van der Waals surface area (Å²) >= 11 is 0. The van der Waals surface area contributed by atoms with Crippen LogP contribution in [-0.2, 0) is 15.7 Å². The molecule has 7 heteroatoms. The lowest BCUT2D eigenvalue weighted by Crippen LogP contribution is -2.16. The topological polar surface area (TPSA) is 58.6 Å². The first-order valence-corrected chi connectivity index (χ1v) is 5.11. The van der Waals surface area contributed by atoms with Crippen LogP contribution in [0.3, 0.4) is 0 Å². The predicted molar refractivity (Wildman–Crippen MR) is 58.4 cm³/mol. The molecule has 100 valence electrons. The molecule has 0 saturated carbocycles. The van der Waals surface area contributed by atoms with Gasteiger partial charge < -0.3 is 15.2 Å². The van der Waals surface area contributed by atoms with E-state index in [1.807, 2.05) is 0 Å².